The number of halogens is 1. The van der Waals surface area contributed by atoms with Gasteiger partial charge in [-0.15, -0.1) is 10.2 Å². The first-order valence-corrected chi connectivity index (χ1v) is 9.94. The third-order valence-corrected chi connectivity index (χ3v) is 5.64. The highest BCUT2D eigenvalue weighted by Crippen LogP contribution is 2.41. The molecular weight excluding hydrogens is 392 g/mol. The van der Waals surface area contributed by atoms with Crippen LogP contribution in [0.25, 0.3) is 11.5 Å². The van der Waals surface area contributed by atoms with E-state index in [-0.39, 0.29) is 5.25 Å². The van der Waals surface area contributed by atoms with Crippen molar-refractivity contribution in [2.75, 3.05) is 7.11 Å². The number of aromatic nitrogens is 2. The molecule has 0 N–H and O–H groups in total. The van der Waals surface area contributed by atoms with Gasteiger partial charge in [0.05, 0.1) is 17.9 Å². The molecule has 140 valence electrons. The second-order valence-electron chi connectivity index (χ2n) is 6.03. The standard InChI is InChI=1S/C22H17ClN2O2S/c1-26-19-10-6-5-9-18(19)21-24-25-22(27-21)28-20(15-7-3-2-4-8-15)16-11-13-17(23)14-12-16/h2-14,20H,1H3/t20-/m0/s1. The van der Waals surface area contributed by atoms with Gasteiger partial charge in [-0.2, -0.15) is 0 Å². The zero-order chi connectivity index (χ0) is 19.3. The van der Waals surface area contributed by atoms with Crippen LogP contribution in [-0.4, -0.2) is 17.3 Å². The van der Waals surface area contributed by atoms with Crippen LogP contribution >= 0.6 is 23.4 Å². The number of nitrogens with zero attached hydrogens (tertiary/aromatic N) is 2. The Bertz CT molecular complexity index is 1050. The van der Waals surface area contributed by atoms with Crippen molar-refractivity contribution in [2.24, 2.45) is 0 Å². The van der Waals surface area contributed by atoms with Crippen LogP contribution in [0.15, 0.2) is 88.5 Å². The van der Waals surface area contributed by atoms with Gasteiger partial charge in [0, 0.05) is 5.02 Å². The molecule has 1 aromatic heterocycles. The molecule has 0 bridgehead atoms. The molecule has 0 saturated carbocycles. The average molecular weight is 409 g/mol. The van der Waals surface area contributed by atoms with Gasteiger partial charge in [0.25, 0.3) is 11.1 Å². The Morgan fingerprint density at radius 3 is 2.29 bits per heavy atom. The monoisotopic (exact) mass is 408 g/mol. The molecular formula is C22H17ClN2O2S. The first-order valence-electron chi connectivity index (χ1n) is 8.68. The maximum absolute atomic E-state index is 6.06. The number of rotatable bonds is 6. The summed E-state index contributed by atoms with van der Waals surface area (Å²) in [6.45, 7) is 0. The van der Waals surface area contributed by atoms with Crippen molar-refractivity contribution >= 4 is 23.4 Å². The van der Waals surface area contributed by atoms with Gasteiger partial charge in [-0.3, -0.25) is 0 Å². The molecule has 28 heavy (non-hydrogen) atoms. The average Bonchev–Trinajstić information content (AvgIpc) is 3.22. The molecule has 6 heteroatoms. The topological polar surface area (TPSA) is 48.2 Å². The summed E-state index contributed by atoms with van der Waals surface area (Å²) in [6, 6.07) is 25.6. The van der Waals surface area contributed by atoms with Gasteiger partial charge in [0.15, 0.2) is 0 Å². The molecule has 0 saturated heterocycles. The minimum Gasteiger partial charge on any atom is -0.496 e. The highest BCUT2D eigenvalue weighted by molar-refractivity contribution is 7.99. The summed E-state index contributed by atoms with van der Waals surface area (Å²) in [5.74, 6) is 1.13. The fraction of sp³-hybridized carbons (Fsp3) is 0.0909. The lowest BCUT2D eigenvalue weighted by Gasteiger charge is -2.15. The molecule has 0 unspecified atom stereocenters. The van der Waals surface area contributed by atoms with E-state index in [2.05, 4.69) is 22.3 Å². The van der Waals surface area contributed by atoms with Crippen molar-refractivity contribution in [1.82, 2.24) is 10.2 Å². The first-order chi connectivity index (χ1) is 13.7. The molecule has 0 amide bonds. The Kier molecular flexibility index (Phi) is 5.65. The molecule has 0 aliphatic heterocycles. The van der Waals surface area contributed by atoms with Crippen molar-refractivity contribution in [3.05, 3.63) is 95.0 Å². The van der Waals surface area contributed by atoms with Gasteiger partial charge in [0.1, 0.15) is 5.75 Å². The highest BCUT2D eigenvalue weighted by Gasteiger charge is 2.20. The van der Waals surface area contributed by atoms with E-state index in [0.717, 1.165) is 16.7 Å². The quantitative estimate of drug-likeness (QED) is 0.351. The third kappa shape index (κ3) is 4.06. The zero-order valence-corrected chi connectivity index (χ0v) is 16.7. The molecule has 0 spiro atoms. The van der Waals surface area contributed by atoms with E-state index >= 15 is 0 Å². The van der Waals surface area contributed by atoms with Gasteiger partial charge >= 0.3 is 0 Å². The lowest BCUT2D eigenvalue weighted by molar-refractivity contribution is 0.411. The van der Waals surface area contributed by atoms with E-state index in [1.54, 1.807) is 7.11 Å². The summed E-state index contributed by atoms with van der Waals surface area (Å²) >= 11 is 7.57. The Labute approximate surface area is 172 Å². The molecule has 3 aromatic carbocycles. The van der Waals surface area contributed by atoms with Gasteiger partial charge in [-0.05, 0) is 35.4 Å². The summed E-state index contributed by atoms with van der Waals surface area (Å²) in [5.41, 5.74) is 3.02. The molecule has 1 heterocycles. The van der Waals surface area contributed by atoms with Crippen LogP contribution in [0, 0.1) is 0 Å². The van der Waals surface area contributed by atoms with E-state index in [1.165, 1.54) is 11.8 Å². The molecule has 4 nitrogen and oxygen atoms in total. The molecule has 4 aromatic rings. The number of para-hydroxylation sites is 1. The summed E-state index contributed by atoms with van der Waals surface area (Å²) in [4.78, 5) is 0. The van der Waals surface area contributed by atoms with E-state index < -0.39 is 0 Å². The maximum atomic E-state index is 6.06. The van der Waals surface area contributed by atoms with Gasteiger partial charge in [-0.25, -0.2) is 0 Å². The number of ether oxygens (including phenoxy) is 1. The van der Waals surface area contributed by atoms with Gasteiger partial charge < -0.3 is 9.15 Å². The molecule has 0 aliphatic carbocycles. The second kappa shape index (κ2) is 8.50. The lowest BCUT2D eigenvalue weighted by Crippen LogP contribution is -1.96. The normalized spacial score (nSPS) is 11.9. The summed E-state index contributed by atoms with van der Waals surface area (Å²) in [5, 5.41) is 9.65. The molecule has 0 fully saturated rings. The Hall–Kier alpha value is -2.76. The predicted octanol–water partition coefficient (Wildman–Crippen LogP) is 6.28. The minimum absolute atomic E-state index is 0.00411. The first kappa shape index (κ1) is 18.6. The zero-order valence-electron chi connectivity index (χ0n) is 15.1. The van der Waals surface area contributed by atoms with E-state index in [9.17, 15) is 0 Å². The number of hydrogen-bond acceptors (Lipinski definition) is 5. The van der Waals surface area contributed by atoms with Crippen LogP contribution in [0.3, 0.4) is 0 Å². The minimum atomic E-state index is 0.00411. The third-order valence-electron chi connectivity index (χ3n) is 4.24. The van der Waals surface area contributed by atoms with Crippen LogP contribution in [0.2, 0.25) is 5.02 Å². The predicted molar refractivity (Wildman–Crippen MR) is 112 cm³/mol. The number of benzene rings is 3. The fourth-order valence-electron chi connectivity index (χ4n) is 2.88. The Balaban J connectivity index is 1.66. The maximum Gasteiger partial charge on any atom is 0.277 e. The van der Waals surface area contributed by atoms with E-state index in [4.69, 9.17) is 20.8 Å². The fourth-order valence-corrected chi connectivity index (χ4v) is 4.01. The van der Waals surface area contributed by atoms with Gasteiger partial charge in [0.2, 0.25) is 0 Å². The smallest absolute Gasteiger partial charge is 0.277 e. The van der Waals surface area contributed by atoms with Crippen molar-refractivity contribution < 1.29 is 9.15 Å². The molecule has 1 atom stereocenters. The van der Waals surface area contributed by atoms with E-state index in [0.29, 0.717) is 21.9 Å². The summed E-state index contributed by atoms with van der Waals surface area (Å²) < 4.78 is 11.3. The number of methoxy groups -OCH3 is 1. The van der Waals surface area contributed by atoms with Gasteiger partial charge in [-0.1, -0.05) is 78.0 Å². The SMILES string of the molecule is COc1ccccc1-c1nnc(S[C@@H](c2ccccc2)c2ccc(Cl)cc2)o1. The molecule has 4 rings (SSSR count). The largest absolute Gasteiger partial charge is 0.496 e. The van der Waals surface area contributed by atoms with Crippen LogP contribution in [0.1, 0.15) is 16.4 Å². The van der Waals surface area contributed by atoms with Crippen LogP contribution in [-0.2, 0) is 0 Å². The Morgan fingerprint density at radius 2 is 1.54 bits per heavy atom. The lowest BCUT2D eigenvalue weighted by atomic mass is 10.0. The van der Waals surface area contributed by atoms with Crippen molar-refractivity contribution in [1.29, 1.82) is 0 Å². The van der Waals surface area contributed by atoms with Crippen molar-refractivity contribution in [3.8, 4) is 17.2 Å². The van der Waals surface area contributed by atoms with Crippen LogP contribution < -0.4 is 4.74 Å². The Morgan fingerprint density at radius 1 is 0.857 bits per heavy atom. The van der Waals surface area contributed by atoms with E-state index in [1.807, 2.05) is 66.7 Å². The van der Waals surface area contributed by atoms with Crippen LogP contribution in [0.4, 0.5) is 0 Å². The molecule has 0 aliphatic rings. The van der Waals surface area contributed by atoms with Crippen LogP contribution in [0.5, 0.6) is 5.75 Å². The number of thioether (sulfide) groups is 1. The molecule has 0 radical (unpaired) electrons. The van der Waals surface area contributed by atoms with Crippen molar-refractivity contribution in [2.45, 2.75) is 10.5 Å². The summed E-state index contributed by atoms with van der Waals surface area (Å²) in [7, 11) is 1.62. The highest BCUT2D eigenvalue weighted by atomic mass is 35.5. The van der Waals surface area contributed by atoms with Crippen molar-refractivity contribution in [3.63, 3.8) is 0 Å². The summed E-state index contributed by atoms with van der Waals surface area (Å²) in [6.07, 6.45) is 0. The second-order valence-corrected chi connectivity index (χ2v) is 7.53. The number of hydrogen-bond donors (Lipinski definition) is 0.